The van der Waals surface area contributed by atoms with Crippen molar-refractivity contribution in [1.82, 2.24) is 9.88 Å². The first-order valence-corrected chi connectivity index (χ1v) is 13.5. The zero-order valence-corrected chi connectivity index (χ0v) is 20.4. The predicted octanol–water partition coefficient (Wildman–Crippen LogP) is 4.06. The monoisotopic (exact) mass is 503 g/mol. The van der Waals surface area contributed by atoms with E-state index in [0.717, 1.165) is 43.5 Å². The first-order chi connectivity index (χ1) is 17.4. The van der Waals surface area contributed by atoms with Crippen molar-refractivity contribution in [1.29, 1.82) is 0 Å². The maximum absolute atomic E-state index is 13.5. The molecule has 3 aliphatic rings. The molecule has 6 rings (SSSR count). The van der Waals surface area contributed by atoms with E-state index in [1.165, 1.54) is 6.07 Å². The third-order valence-electron chi connectivity index (χ3n) is 7.03. The number of fused-ring (bicyclic) bond motifs is 3. The Morgan fingerprint density at radius 2 is 1.78 bits per heavy atom. The van der Waals surface area contributed by atoms with Gasteiger partial charge in [-0.3, -0.25) is 13.8 Å². The van der Waals surface area contributed by atoms with E-state index in [4.69, 9.17) is 4.18 Å². The van der Waals surface area contributed by atoms with E-state index in [0.29, 0.717) is 40.1 Å². The quantitative estimate of drug-likeness (QED) is 0.414. The highest BCUT2D eigenvalue weighted by molar-refractivity contribution is 7.86. The molecule has 3 aliphatic heterocycles. The van der Waals surface area contributed by atoms with Gasteiger partial charge >= 0.3 is 0 Å². The number of piperidine rings is 1. The number of hydrogen-bond donors (Lipinski definition) is 2. The van der Waals surface area contributed by atoms with Crippen LogP contribution in [0, 0.1) is 0 Å². The molecule has 0 radical (unpaired) electrons. The van der Waals surface area contributed by atoms with E-state index in [1.54, 1.807) is 18.3 Å². The molecule has 0 saturated carbocycles. The van der Waals surface area contributed by atoms with Gasteiger partial charge in [0, 0.05) is 41.8 Å². The molecule has 2 aromatic carbocycles. The molecule has 1 saturated heterocycles. The molecule has 4 heterocycles. The van der Waals surface area contributed by atoms with Crippen LogP contribution in [-0.4, -0.2) is 49.8 Å². The highest BCUT2D eigenvalue weighted by atomic mass is 32.2. The number of likely N-dealkylation sites (tertiary alicyclic amines) is 1. The van der Waals surface area contributed by atoms with Crippen molar-refractivity contribution >= 4 is 39.3 Å². The van der Waals surface area contributed by atoms with E-state index < -0.39 is 10.1 Å². The van der Waals surface area contributed by atoms with E-state index in [9.17, 15) is 18.0 Å². The van der Waals surface area contributed by atoms with Gasteiger partial charge < -0.3 is 15.2 Å². The predicted molar refractivity (Wildman–Crippen MR) is 136 cm³/mol. The lowest BCUT2D eigenvalue weighted by atomic mass is 9.95. The number of amides is 2. The van der Waals surface area contributed by atoms with Crippen molar-refractivity contribution in [2.45, 2.75) is 30.6 Å². The fourth-order valence-corrected chi connectivity index (χ4v) is 6.50. The van der Waals surface area contributed by atoms with Crippen LogP contribution in [0.2, 0.25) is 0 Å². The minimum absolute atomic E-state index is 0.0273. The average Bonchev–Trinajstić information content (AvgIpc) is 3.45. The normalized spacial score (nSPS) is 19.6. The second kappa shape index (κ2) is 8.76. The summed E-state index contributed by atoms with van der Waals surface area (Å²) < 4.78 is 30.0. The molecule has 8 nitrogen and oxygen atoms in total. The van der Waals surface area contributed by atoms with Crippen LogP contribution in [0.4, 0.5) is 5.69 Å². The molecule has 1 aromatic heterocycles. The van der Waals surface area contributed by atoms with Gasteiger partial charge in [-0.2, -0.15) is 8.42 Å². The molecule has 0 bridgehead atoms. The van der Waals surface area contributed by atoms with Crippen molar-refractivity contribution in [3.63, 3.8) is 0 Å². The van der Waals surface area contributed by atoms with Crippen molar-refractivity contribution < 1.29 is 22.2 Å². The zero-order chi connectivity index (χ0) is 24.9. The number of nitrogens with zero attached hydrogens (tertiary/aromatic N) is 1. The lowest BCUT2D eigenvalue weighted by Crippen LogP contribution is -2.35. The molecular weight excluding hydrogens is 478 g/mol. The molecule has 2 amide bonds. The number of H-pyrrole nitrogens is 1. The Bertz CT molecular complexity index is 1520. The van der Waals surface area contributed by atoms with Gasteiger partial charge in [-0.1, -0.05) is 30.3 Å². The van der Waals surface area contributed by atoms with Crippen LogP contribution >= 0.6 is 0 Å². The van der Waals surface area contributed by atoms with Gasteiger partial charge in [-0.25, -0.2) is 0 Å². The van der Waals surface area contributed by atoms with Gasteiger partial charge in [-0.05, 0) is 55.0 Å². The second-order valence-electron chi connectivity index (χ2n) is 9.21. The standard InChI is InChI=1S/C27H25N3O5S/c31-26-19(25-18-11-14-35-36(33,34)23(18)10-9-21(25)29-26)15-22-24(17-7-3-1-4-8-17)20(16-28-22)27(32)30-12-5-2-6-13-30/h1,3-4,7-10,15-16,28H,2,5-6,11-14H2,(H,29,31)/b19-15-. The first-order valence-electron chi connectivity index (χ1n) is 12.1. The SMILES string of the molecule is O=C1Nc2ccc3c(c2/C1=C/c1[nH]cc(C(=O)N2CCCCC2)c1-c1ccccc1)CCOS3(=O)=O. The van der Waals surface area contributed by atoms with Crippen molar-refractivity contribution in [2.24, 2.45) is 0 Å². The summed E-state index contributed by atoms with van der Waals surface area (Å²) in [5.41, 5.74) is 4.82. The van der Waals surface area contributed by atoms with Crippen LogP contribution < -0.4 is 5.32 Å². The van der Waals surface area contributed by atoms with Crippen LogP contribution in [0.15, 0.2) is 53.6 Å². The summed E-state index contributed by atoms with van der Waals surface area (Å²) in [6.07, 6.45) is 6.90. The Labute approximate surface area is 209 Å². The fraction of sp³-hybridized carbons (Fsp3) is 0.259. The van der Waals surface area contributed by atoms with Gasteiger partial charge in [-0.15, -0.1) is 0 Å². The van der Waals surface area contributed by atoms with Crippen LogP contribution in [0.3, 0.4) is 0 Å². The molecule has 3 aromatic rings. The lowest BCUT2D eigenvalue weighted by molar-refractivity contribution is -0.110. The Balaban J connectivity index is 1.51. The molecule has 2 N–H and O–H groups in total. The molecule has 0 spiro atoms. The van der Waals surface area contributed by atoms with Crippen molar-refractivity contribution in [2.75, 3.05) is 25.0 Å². The number of benzene rings is 2. The van der Waals surface area contributed by atoms with Crippen LogP contribution in [0.1, 0.15) is 46.4 Å². The largest absolute Gasteiger partial charge is 0.360 e. The number of anilines is 1. The highest BCUT2D eigenvalue weighted by Crippen LogP contribution is 2.42. The summed E-state index contributed by atoms with van der Waals surface area (Å²) in [4.78, 5) is 31.8. The molecule has 0 aliphatic carbocycles. The van der Waals surface area contributed by atoms with Gasteiger partial charge in [0.15, 0.2) is 0 Å². The van der Waals surface area contributed by atoms with E-state index in [1.807, 2.05) is 35.2 Å². The van der Waals surface area contributed by atoms with E-state index in [-0.39, 0.29) is 23.3 Å². The lowest BCUT2D eigenvalue weighted by Gasteiger charge is -2.26. The van der Waals surface area contributed by atoms with Gasteiger partial charge in [0.05, 0.1) is 22.6 Å². The van der Waals surface area contributed by atoms with Crippen molar-refractivity contribution in [3.05, 3.63) is 71.0 Å². The molecule has 9 heteroatoms. The first kappa shape index (κ1) is 22.8. The highest BCUT2D eigenvalue weighted by Gasteiger charge is 2.35. The molecular formula is C27H25N3O5S. The van der Waals surface area contributed by atoms with Gasteiger partial charge in [0.1, 0.15) is 0 Å². The average molecular weight is 504 g/mol. The topological polar surface area (TPSA) is 109 Å². The summed E-state index contributed by atoms with van der Waals surface area (Å²) in [5, 5.41) is 2.85. The third kappa shape index (κ3) is 3.75. The molecule has 1 fully saturated rings. The smallest absolute Gasteiger partial charge is 0.297 e. The number of rotatable bonds is 3. The zero-order valence-electron chi connectivity index (χ0n) is 19.5. The summed E-state index contributed by atoms with van der Waals surface area (Å²) in [7, 11) is -3.87. The number of nitrogens with one attached hydrogen (secondary N) is 2. The molecule has 0 atom stereocenters. The Hall–Kier alpha value is -3.69. The minimum atomic E-state index is -3.87. The van der Waals surface area contributed by atoms with Crippen molar-refractivity contribution in [3.8, 4) is 11.1 Å². The number of aromatic amines is 1. The van der Waals surface area contributed by atoms with Crippen LogP contribution in [-0.2, 0) is 25.5 Å². The summed E-state index contributed by atoms with van der Waals surface area (Å²) in [6.45, 7) is 1.49. The number of hydrogen-bond acceptors (Lipinski definition) is 5. The summed E-state index contributed by atoms with van der Waals surface area (Å²) in [6, 6.07) is 12.7. The minimum Gasteiger partial charge on any atom is -0.360 e. The van der Waals surface area contributed by atoms with Crippen LogP contribution in [0.25, 0.3) is 22.8 Å². The van der Waals surface area contributed by atoms with E-state index in [2.05, 4.69) is 10.3 Å². The summed E-state index contributed by atoms with van der Waals surface area (Å²) >= 11 is 0. The summed E-state index contributed by atoms with van der Waals surface area (Å²) in [5.74, 6) is -0.355. The molecule has 0 unspecified atom stereocenters. The van der Waals surface area contributed by atoms with E-state index >= 15 is 0 Å². The maximum Gasteiger partial charge on any atom is 0.297 e. The Morgan fingerprint density at radius 3 is 2.56 bits per heavy atom. The molecule has 36 heavy (non-hydrogen) atoms. The Morgan fingerprint density at radius 1 is 1.00 bits per heavy atom. The van der Waals surface area contributed by atoms with Gasteiger partial charge in [0.2, 0.25) is 0 Å². The maximum atomic E-state index is 13.5. The third-order valence-corrected chi connectivity index (χ3v) is 8.43. The number of carbonyl (C=O) groups excluding carboxylic acids is 2. The van der Waals surface area contributed by atoms with Gasteiger partial charge in [0.25, 0.3) is 21.9 Å². The molecule has 184 valence electrons. The fourth-order valence-electron chi connectivity index (χ4n) is 5.33. The Kier molecular flexibility index (Phi) is 5.54. The van der Waals surface area contributed by atoms with Crippen LogP contribution in [0.5, 0.6) is 0 Å². The second-order valence-corrected chi connectivity index (χ2v) is 10.8. The number of aromatic nitrogens is 1. The number of carbonyl (C=O) groups is 2.